The number of fused-ring (bicyclic) bond motifs is 1. The average Bonchev–Trinajstić information content (AvgIpc) is 3.79. The Kier molecular flexibility index (Phi) is 15.3. The molecule has 0 saturated carbocycles. The molecule has 1 fully saturated rings. The van der Waals surface area contributed by atoms with Gasteiger partial charge in [0.15, 0.2) is 18.3 Å². The lowest BCUT2D eigenvalue weighted by Gasteiger charge is -2.46. The predicted molar refractivity (Wildman–Crippen MR) is 255 cm³/mol. The van der Waals surface area contributed by atoms with Crippen LogP contribution in [-0.2, 0) is 42.6 Å². The Hall–Kier alpha value is -8.66. The molecule has 0 radical (unpaired) electrons. The molecule has 2 heterocycles. The number of hydrogen-bond donors (Lipinski definition) is 0. The van der Waals surface area contributed by atoms with E-state index >= 15 is 0 Å². The molecule has 0 unspecified atom stereocenters. The van der Waals surface area contributed by atoms with Crippen LogP contribution in [-0.4, -0.2) is 92.1 Å². The molecule has 1 aliphatic carbocycles. The summed E-state index contributed by atoms with van der Waals surface area (Å²) in [6.07, 6.45) is -5.95. The second-order valence-electron chi connectivity index (χ2n) is 16.7. The van der Waals surface area contributed by atoms with Crippen molar-refractivity contribution in [3.63, 3.8) is 0 Å². The smallest absolute Gasteiger partial charge is 0.338 e. The highest BCUT2D eigenvalue weighted by molar-refractivity contribution is 5.92. The van der Waals surface area contributed by atoms with Gasteiger partial charge in [-0.2, -0.15) is 0 Å². The van der Waals surface area contributed by atoms with E-state index in [1.165, 1.54) is 42.7 Å². The van der Waals surface area contributed by atoms with Crippen LogP contribution in [0.25, 0.3) is 0 Å². The van der Waals surface area contributed by atoms with Gasteiger partial charge in [0.05, 0.1) is 45.6 Å². The van der Waals surface area contributed by atoms with E-state index in [4.69, 9.17) is 42.6 Å². The lowest BCUT2D eigenvalue weighted by molar-refractivity contribution is -0.337. The predicted octanol–water partition coefficient (Wildman–Crippen LogP) is 8.39. The first-order valence-electron chi connectivity index (χ1n) is 23.0. The molecular formula is C57H46O15. The van der Waals surface area contributed by atoms with E-state index in [1.807, 2.05) is 0 Å². The third-order valence-corrected chi connectivity index (χ3v) is 12.0. The Morgan fingerprint density at radius 2 is 0.806 bits per heavy atom. The summed E-state index contributed by atoms with van der Waals surface area (Å²) in [5.74, 6) is -6.22. The molecule has 0 aromatic heterocycles. The van der Waals surface area contributed by atoms with Crippen LogP contribution in [0.4, 0.5) is 0 Å². The molecule has 3 aliphatic rings. The van der Waals surface area contributed by atoms with Crippen molar-refractivity contribution in [1.29, 1.82) is 0 Å². The van der Waals surface area contributed by atoms with Crippen molar-refractivity contribution in [3.05, 3.63) is 239 Å². The summed E-state index contributed by atoms with van der Waals surface area (Å²) < 4.78 is 56.0. The highest BCUT2D eigenvalue weighted by Gasteiger charge is 2.56. The zero-order valence-corrected chi connectivity index (χ0v) is 38.3. The van der Waals surface area contributed by atoms with E-state index in [0.717, 1.165) is 0 Å². The van der Waals surface area contributed by atoms with Crippen molar-refractivity contribution in [2.24, 2.45) is 11.8 Å². The number of ether oxygens (including phenoxy) is 9. The number of benzene rings is 6. The van der Waals surface area contributed by atoms with Crippen LogP contribution in [0.1, 0.15) is 62.1 Å². The molecule has 72 heavy (non-hydrogen) atoms. The Morgan fingerprint density at radius 3 is 1.26 bits per heavy atom. The van der Waals surface area contributed by atoms with Gasteiger partial charge in [0.2, 0.25) is 12.6 Å². The molecule has 6 aromatic rings. The van der Waals surface area contributed by atoms with E-state index < -0.39 is 97.4 Å². The van der Waals surface area contributed by atoms with E-state index in [2.05, 4.69) is 0 Å². The van der Waals surface area contributed by atoms with Gasteiger partial charge in [-0.05, 0) is 90.5 Å². The monoisotopic (exact) mass is 970 g/mol. The molecule has 9 atom stereocenters. The maximum atomic E-state index is 14.2. The molecule has 15 nitrogen and oxygen atoms in total. The van der Waals surface area contributed by atoms with Crippen molar-refractivity contribution in [2.45, 2.75) is 43.1 Å². The quantitative estimate of drug-likeness (QED) is 0.0511. The summed E-state index contributed by atoms with van der Waals surface area (Å²) in [5.41, 5.74) is 1.54. The van der Waals surface area contributed by atoms with Gasteiger partial charge >= 0.3 is 35.8 Å². The Balaban J connectivity index is 1.10. The molecule has 6 aromatic carbocycles. The first kappa shape index (κ1) is 48.4. The van der Waals surface area contributed by atoms with Crippen LogP contribution in [0, 0.1) is 11.8 Å². The number of hydrogen-bond acceptors (Lipinski definition) is 15. The van der Waals surface area contributed by atoms with Crippen molar-refractivity contribution >= 4 is 35.8 Å². The first-order chi connectivity index (χ1) is 35.2. The molecule has 0 spiro atoms. The number of carbonyl (C=O) groups is 6. The summed E-state index contributed by atoms with van der Waals surface area (Å²) in [7, 11) is 0. The van der Waals surface area contributed by atoms with E-state index in [0.29, 0.717) is 16.7 Å². The second kappa shape index (κ2) is 22.8. The number of esters is 6. The maximum absolute atomic E-state index is 14.2. The van der Waals surface area contributed by atoms with Gasteiger partial charge in [0.25, 0.3) is 0 Å². The normalized spacial score (nSPS) is 22.9. The third kappa shape index (κ3) is 11.5. The Labute approximate surface area is 413 Å². The molecule has 9 rings (SSSR count). The zero-order valence-electron chi connectivity index (χ0n) is 38.3. The van der Waals surface area contributed by atoms with Gasteiger partial charge < -0.3 is 42.6 Å². The van der Waals surface area contributed by atoms with E-state index in [9.17, 15) is 28.8 Å². The molecule has 2 aliphatic heterocycles. The molecule has 0 bridgehead atoms. The van der Waals surface area contributed by atoms with Crippen LogP contribution in [0.3, 0.4) is 0 Å². The van der Waals surface area contributed by atoms with E-state index in [1.54, 1.807) is 158 Å². The fraction of sp³-hybridized carbons (Fsp3) is 0.193. The summed E-state index contributed by atoms with van der Waals surface area (Å²) in [6, 6.07) is 48.8. The first-order valence-corrected chi connectivity index (χ1v) is 23.0. The van der Waals surface area contributed by atoms with Crippen molar-refractivity contribution in [2.75, 3.05) is 13.2 Å². The molecule has 364 valence electrons. The van der Waals surface area contributed by atoms with Crippen molar-refractivity contribution in [3.8, 4) is 0 Å². The van der Waals surface area contributed by atoms with Gasteiger partial charge in [-0.15, -0.1) is 0 Å². The minimum Gasteiger partial charge on any atom is -0.472 e. The fourth-order valence-electron chi connectivity index (χ4n) is 8.48. The lowest BCUT2D eigenvalue weighted by Crippen LogP contribution is -2.64. The Bertz CT molecular complexity index is 2900. The minimum atomic E-state index is -1.76. The minimum absolute atomic E-state index is 0.0975. The highest BCUT2D eigenvalue weighted by Crippen LogP contribution is 2.43. The molecule has 1 saturated heterocycles. The van der Waals surface area contributed by atoms with Gasteiger partial charge in [-0.1, -0.05) is 109 Å². The van der Waals surface area contributed by atoms with Gasteiger partial charge in [0, 0.05) is 5.92 Å². The molecule has 15 heteroatoms. The van der Waals surface area contributed by atoms with Crippen LogP contribution < -0.4 is 0 Å². The molecular weight excluding hydrogens is 925 g/mol. The highest BCUT2D eigenvalue weighted by atomic mass is 16.8. The Morgan fingerprint density at radius 1 is 0.417 bits per heavy atom. The number of carbonyl (C=O) groups excluding carboxylic acids is 6. The summed E-state index contributed by atoms with van der Waals surface area (Å²) >= 11 is 0. The van der Waals surface area contributed by atoms with Crippen molar-refractivity contribution in [1.82, 2.24) is 0 Å². The van der Waals surface area contributed by atoms with Crippen LogP contribution in [0.15, 0.2) is 206 Å². The summed E-state index contributed by atoms with van der Waals surface area (Å²) in [5, 5.41) is 0. The average molecular weight is 971 g/mol. The van der Waals surface area contributed by atoms with Gasteiger partial charge in [-0.3, -0.25) is 0 Å². The summed E-state index contributed by atoms with van der Waals surface area (Å²) in [4.78, 5) is 82.9. The fourth-order valence-corrected chi connectivity index (χ4v) is 8.48. The van der Waals surface area contributed by atoms with Crippen LogP contribution in [0.5, 0.6) is 0 Å². The van der Waals surface area contributed by atoms with Gasteiger partial charge in [0.1, 0.15) is 25.4 Å². The van der Waals surface area contributed by atoms with Gasteiger partial charge in [-0.25, -0.2) is 28.8 Å². The third-order valence-electron chi connectivity index (χ3n) is 12.0. The molecule has 0 N–H and O–H groups in total. The maximum Gasteiger partial charge on any atom is 0.338 e. The standard InChI is InChI=1S/C57H46O15/c58-50(36-19-7-1-8-20-36)65-34-42-33-44(67-52(60)38-23-11-3-12-24-38)43-31-32-64-56(46(42)43)72-57-49(71-55(63)41-29-17-6-18-30-41)48(70-54(62)40-27-15-5-16-28-40)47(69-53(61)39-25-13-4-14-26-39)45(68-57)35-66-51(59)37-21-9-2-10-22-37/h1-33,43-49,56-57H,34-35H2/t43-,44-,45-,46+,47-,48+,49-,56-,57+/m0/s1. The SMILES string of the molecule is O=C(OCC1=C[C@H](OC(=O)c2ccccc2)[C@@H]2C=CO[C@@H](O[C@H]3O[C@@H](COC(=O)c4ccccc4)[C@H](OC(=O)c4ccccc4)[C@@H](OC(=O)c4ccccc4)[C@@H]3OC(=O)c3ccccc3)[C@H]12)c1ccccc1. The topological polar surface area (TPSA) is 185 Å². The second-order valence-corrected chi connectivity index (χ2v) is 16.7. The largest absolute Gasteiger partial charge is 0.472 e. The van der Waals surface area contributed by atoms with Crippen molar-refractivity contribution < 1.29 is 71.4 Å². The lowest BCUT2D eigenvalue weighted by atomic mass is 9.88. The van der Waals surface area contributed by atoms with E-state index in [-0.39, 0.29) is 28.9 Å². The van der Waals surface area contributed by atoms with Crippen LogP contribution in [0.2, 0.25) is 0 Å². The zero-order chi connectivity index (χ0) is 49.8. The molecule has 0 amide bonds. The summed E-state index contributed by atoms with van der Waals surface area (Å²) in [6.45, 7) is -0.898. The number of rotatable bonds is 16. The van der Waals surface area contributed by atoms with Crippen LogP contribution >= 0.6 is 0 Å².